The zero-order valence-corrected chi connectivity index (χ0v) is 17.3. The fourth-order valence-electron chi connectivity index (χ4n) is 3.00. The molecule has 0 spiro atoms. The molecule has 1 atom stereocenters. The van der Waals surface area contributed by atoms with Gasteiger partial charge in [0, 0.05) is 5.92 Å². The number of sulfonamides is 1. The fraction of sp³-hybridized carbons (Fsp3) is 0.250. The summed E-state index contributed by atoms with van der Waals surface area (Å²) in [5.74, 6) is -2.06. The number of carbonyl (C=O) groups is 2. The van der Waals surface area contributed by atoms with Crippen LogP contribution in [0.5, 0.6) is 0 Å². The molecule has 3 rings (SSSR count). The summed E-state index contributed by atoms with van der Waals surface area (Å²) in [7, 11) is -4.14. The van der Waals surface area contributed by atoms with Gasteiger partial charge in [0.2, 0.25) is 11.9 Å². The molecular formula is C20H23N5O5S. The molecule has 0 heterocycles. The van der Waals surface area contributed by atoms with E-state index in [-0.39, 0.29) is 28.8 Å². The number of nitrogens with one attached hydrogen (secondary N) is 3. The van der Waals surface area contributed by atoms with Crippen LogP contribution in [0.4, 0.5) is 5.69 Å². The Morgan fingerprint density at radius 2 is 1.84 bits per heavy atom. The number of carboxylic acid groups (broad SMARTS) is 1. The molecular weight excluding hydrogens is 422 g/mol. The Bertz CT molecular complexity index is 1090. The number of benzene rings is 2. The molecule has 11 heteroatoms. The highest BCUT2D eigenvalue weighted by molar-refractivity contribution is 7.92. The molecule has 2 aromatic rings. The number of amides is 1. The third-order valence-corrected chi connectivity index (χ3v) is 6.30. The highest BCUT2D eigenvalue weighted by Gasteiger charge is 2.32. The second-order valence-electron chi connectivity index (χ2n) is 7.14. The van der Waals surface area contributed by atoms with Gasteiger partial charge >= 0.3 is 5.97 Å². The van der Waals surface area contributed by atoms with Crippen LogP contribution in [0.1, 0.15) is 30.9 Å². The smallest absolute Gasteiger partial charge is 0.305 e. The first-order chi connectivity index (χ1) is 14.7. The van der Waals surface area contributed by atoms with Gasteiger partial charge in [-0.3, -0.25) is 20.4 Å². The molecule has 31 heavy (non-hydrogen) atoms. The minimum Gasteiger partial charge on any atom is -0.481 e. The Morgan fingerprint density at radius 1 is 1.16 bits per heavy atom. The Balaban J connectivity index is 1.98. The van der Waals surface area contributed by atoms with Gasteiger partial charge in [-0.05, 0) is 42.7 Å². The summed E-state index contributed by atoms with van der Waals surface area (Å²) in [5, 5.41) is 19.5. The summed E-state index contributed by atoms with van der Waals surface area (Å²) >= 11 is 0. The number of anilines is 1. The Morgan fingerprint density at radius 3 is 2.42 bits per heavy atom. The van der Waals surface area contributed by atoms with Gasteiger partial charge in [-0.2, -0.15) is 12.8 Å². The van der Waals surface area contributed by atoms with E-state index in [9.17, 15) is 23.1 Å². The highest BCUT2D eigenvalue weighted by Crippen LogP contribution is 2.31. The number of hydrazine groups is 1. The lowest BCUT2D eigenvalue weighted by molar-refractivity contribution is -0.137. The minimum absolute atomic E-state index is 0.0294. The first kappa shape index (κ1) is 22.1. The second-order valence-corrected chi connectivity index (χ2v) is 8.92. The molecule has 10 nitrogen and oxygen atoms in total. The van der Waals surface area contributed by atoms with E-state index in [1.54, 1.807) is 24.3 Å². The lowest BCUT2D eigenvalue weighted by Gasteiger charge is -2.26. The minimum atomic E-state index is -4.14. The molecule has 1 aliphatic rings. The van der Waals surface area contributed by atoms with Crippen molar-refractivity contribution in [3.8, 4) is 0 Å². The molecule has 6 N–H and O–H groups in total. The van der Waals surface area contributed by atoms with Crippen molar-refractivity contribution in [1.29, 1.82) is 5.41 Å². The van der Waals surface area contributed by atoms with Gasteiger partial charge in [0.05, 0.1) is 23.0 Å². The SMILES string of the molecule is N=C(N)NN(c1cccc(C(CC(=O)O)NC(=O)C2CC2)c1)S(=O)(=O)c1ccccc1. The molecule has 0 bridgehead atoms. The van der Waals surface area contributed by atoms with E-state index >= 15 is 0 Å². The maximum atomic E-state index is 13.1. The second kappa shape index (κ2) is 9.04. The largest absolute Gasteiger partial charge is 0.481 e. The molecule has 0 saturated heterocycles. The summed E-state index contributed by atoms with van der Waals surface area (Å²) < 4.78 is 27.0. The normalized spacial score (nSPS) is 14.3. The van der Waals surface area contributed by atoms with Crippen LogP contribution in [-0.4, -0.2) is 31.4 Å². The highest BCUT2D eigenvalue weighted by atomic mass is 32.2. The van der Waals surface area contributed by atoms with Crippen LogP contribution in [0.25, 0.3) is 0 Å². The van der Waals surface area contributed by atoms with E-state index in [4.69, 9.17) is 11.1 Å². The van der Waals surface area contributed by atoms with Crippen molar-refractivity contribution in [3.63, 3.8) is 0 Å². The third-order valence-electron chi connectivity index (χ3n) is 4.65. The lowest BCUT2D eigenvalue weighted by Crippen LogP contribution is -2.49. The number of rotatable bonds is 9. The molecule has 164 valence electrons. The predicted molar refractivity (Wildman–Crippen MR) is 113 cm³/mol. The molecule has 1 saturated carbocycles. The average Bonchev–Trinajstić information content (AvgIpc) is 3.57. The van der Waals surface area contributed by atoms with Crippen LogP contribution >= 0.6 is 0 Å². The van der Waals surface area contributed by atoms with E-state index in [1.165, 1.54) is 30.3 Å². The van der Waals surface area contributed by atoms with Crippen molar-refractivity contribution in [2.45, 2.75) is 30.2 Å². The first-order valence-corrected chi connectivity index (χ1v) is 11.0. The van der Waals surface area contributed by atoms with Gasteiger partial charge in [-0.15, -0.1) is 0 Å². The molecule has 2 aromatic carbocycles. The Kier molecular flexibility index (Phi) is 6.44. The summed E-state index contributed by atoms with van der Waals surface area (Å²) in [6.45, 7) is 0. The van der Waals surface area contributed by atoms with E-state index in [0.29, 0.717) is 5.56 Å². The zero-order chi connectivity index (χ0) is 22.6. The van der Waals surface area contributed by atoms with Crippen molar-refractivity contribution in [2.75, 3.05) is 4.41 Å². The summed E-state index contributed by atoms with van der Waals surface area (Å²) in [4.78, 5) is 23.5. The molecule has 0 aromatic heterocycles. The number of aliphatic carboxylic acids is 1. The molecule has 0 aliphatic heterocycles. The molecule has 1 aliphatic carbocycles. The van der Waals surface area contributed by atoms with Crippen molar-refractivity contribution in [1.82, 2.24) is 10.7 Å². The molecule has 1 unspecified atom stereocenters. The summed E-state index contributed by atoms with van der Waals surface area (Å²) in [6, 6.07) is 12.8. The topological polar surface area (TPSA) is 166 Å². The van der Waals surface area contributed by atoms with Gasteiger partial charge in [-0.1, -0.05) is 30.3 Å². The van der Waals surface area contributed by atoms with Crippen molar-refractivity contribution in [2.24, 2.45) is 11.7 Å². The lowest BCUT2D eigenvalue weighted by atomic mass is 10.0. The number of nitrogens with zero attached hydrogens (tertiary/aromatic N) is 1. The Hall–Kier alpha value is -3.60. The van der Waals surface area contributed by atoms with Crippen LogP contribution in [0.15, 0.2) is 59.5 Å². The van der Waals surface area contributed by atoms with Crippen molar-refractivity contribution in [3.05, 3.63) is 60.2 Å². The van der Waals surface area contributed by atoms with Gasteiger partial charge < -0.3 is 16.2 Å². The predicted octanol–water partition coefficient (Wildman–Crippen LogP) is 1.32. The van der Waals surface area contributed by atoms with Crippen molar-refractivity contribution >= 4 is 33.5 Å². The number of hydrogen-bond donors (Lipinski definition) is 5. The number of nitrogens with two attached hydrogens (primary N) is 1. The van der Waals surface area contributed by atoms with E-state index in [1.807, 2.05) is 0 Å². The Labute approximate surface area is 179 Å². The van der Waals surface area contributed by atoms with E-state index in [0.717, 1.165) is 17.3 Å². The van der Waals surface area contributed by atoms with Crippen LogP contribution in [0.3, 0.4) is 0 Å². The van der Waals surface area contributed by atoms with Crippen LogP contribution in [0.2, 0.25) is 0 Å². The third kappa shape index (κ3) is 5.51. The van der Waals surface area contributed by atoms with Gasteiger partial charge in [-0.25, -0.2) is 0 Å². The summed E-state index contributed by atoms with van der Waals surface area (Å²) in [5.41, 5.74) is 8.23. The monoisotopic (exact) mass is 445 g/mol. The van der Waals surface area contributed by atoms with E-state index < -0.39 is 28.0 Å². The van der Waals surface area contributed by atoms with Gasteiger partial charge in [0.15, 0.2) is 0 Å². The average molecular weight is 446 g/mol. The molecule has 1 fully saturated rings. The summed E-state index contributed by atoms with van der Waals surface area (Å²) in [6.07, 6.45) is 1.15. The first-order valence-electron chi connectivity index (χ1n) is 9.51. The zero-order valence-electron chi connectivity index (χ0n) is 16.5. The fourth-order valence-corrected chi connectivity index (χ4v) is 4.32. The van der Waals surface area contributed by atoms with Gasteiger partial charge in [0.25, 0.3) is 10.0 Å². The standard InChI is InChI=1S/C20H23N5O5S/c21-20(22)24-25(31(29,30)16-7-2-1-3-8-16)15-6-4-5-14(11-15)17(12-18(26)27)23-19(28)13-9-10-13/h1-8,11,13,17H,9-10,12H2,(H,23,28)(H,26,27)(H4,21,22,24). The quantitative estimate of drug-likeness (QED) is 0.220. The number of guanidine groups is 1. The van der Waals surface area contributed by atoms with Gasteiger partial charge in [0.1, 0.15) is 0 Å². The van der Waals surface area contributed by atoms with Crippen LogP contribution in [-0.2, 0) is 19.6 Å². The number of carboxylic acids is 1. The number of carbonyl (C=O) groups excluding carboxylic acids is 1. The van der Waals surface area contributed by atoms with E-state index in [2.05, 4.69) is 10.7 Å². The van der Waals surface area contributed by atoms with Crippen molar-refractivity contribution < 1.29 is 23.1 Å². The van der Waals surface area contributed by atoms with Crippen LogP contribution < -0.4 is 20.9 Å². The maximum absolute atomic E-state index is 13.1. The maximum Gasteiger partial charge on any atom is 0.305 e. The van der Waals surface area contributed by atoms with Crippen LogP contribution in [0, 0.1) is 11.3 Å². The molecule has 1 amide bonds. The molecule has 0 radical (unpaired) electrons. The number of hydrogen-bond acceptors (Lipinski definition) is 5.